The number of benzene rings is 1. The second kappa shape index (κ2) is 26.4. The van der Waals surface area contributed by atoms with Crippen molar-refractivity contribution in [2.24, 2.45) is 10.2 Å². The van der Waals surface area contributed by atoms with Gasteiger partial charge in [0, 0.05) is 28.4 Å². The van der Waals surface area contributed by atoms with Crippen LogP contribution in [0.3, 0.4) is 0 Å². The van der Waals surface area contributed by atoms with E-state index in [0.29, 0.717) is 24.0 Å². The Balaban J connectivity index is 2.27. The highest BCUT2D eigenvalue weighted by atomic mass is 79.9. The maximum absolute atomic E-state index is 12.1. The highest BCUT2D eigenvalue weighted by molar-refractivity contribution is 9.10. The molecule has 42 heavy (non-hydrogen) atoms. The number of hydrazone groups is 2. The van der Waals surface area contributed by atoms with Crippen LogP contribution in [0.25, 0.3) is 0 Å². The fraction of sp³-hybridized carbons (Fsp3) is 0.706. The summed E-state index contributed by atoms with van der Waals surface area (Å²) < 4.78 is 0.719. The Morgan fingerprint density at radius 2 is 0.929 bits per heavy atom. The molecule has 3 N–H and O–H groups in total. The predicted molar refractivity (Wildman–Crippen MR) is 180 cm³/mol. The number of hydrogen-bond donors (Lipinski definition) is 3. The summed E-state index contributed by atoms with van der Waals surface area (Å²) in [6, 6.07) is 3.41. The van der Waals surface area contributed by atoms with Crippen LogP contribution < -0.4 is 10.9 Å². The van der Waals surface area contributed by atoms with Crippen LogP contribution in [0.1, 0.15) is 166 Å². The van der Waals surface area contributed by atoms with Gasteiger partial charge in [-0.25, -0.2) is 10.9 Å². The van der Waals surface area contributed by atoms with Gasteiger partial charge in [0.25, 0.3) is 0 Å². The van der Waals surface area contributed by atoms with Crippen LogP contribution >= 0.6 is 15.9 Å². The zero-order chi connectivity index (χ0) is 30.7. The summed E-state index contributed by atoms with van der Waals surface area (Å²) in [5.74, 6) is -0.294. The Kier molecular flexibility index (Phi) is 23.8. The molecule has 0 saturated heterocycles. The lowest BCUT2D eigenvalue weighted by Gasteiger charge is -2.05. The van der Waals surface area contributed by atoms with Crippen LogP contribution in [0.2, 0.25) is 0 Å². The standard InChI is InChI=1S/C34H57BrN4O3/c1-3-5-7-9-11-13-15-17-19-21-23-32(40)38-36-27-29-25-31(35)26-30(34(29)42)28-37-39-33(41)24-22-20-18-16-14-12-10-8-6-4-2/h25-28,42H,3-24H2,1-2H3,(H,38,40)(H,39,41)/b36-27+,37-28+. The molecular weight excluding hydrogens is 592 g/mol. The van der Waals surface area contributed by atoms with E-state index in [-0.39, 0.29) is 17.6 Å². The van der Waals surface area contributed by atoms with Gasteiger partial charge in [0.05, 0.1) is 12.4 Å². The van der Waals surface area contributed by atoms with Crippen molar-refractivity contribution in [1.29, 1.82) is 0 Å². The maximum Gasteiger partial charge on any atom is 0.240 e. The molecule has 0 fully saturated rings. The first-order chi connectivity index (χ1) is 20.5. The molecule has 0 aliphatic carbocycles. The van der Waals surface area contributed by atoms with Gasteiger partial charge in [-0.1, -0.05) is 145 Å². The zero-order valence-corrected chi connectivity index (χ0v) is 28.0. The van der Waals surface area contributed by atoms with Gasteiger partial charge in [-0.3, -0.25) is 9.59 Å². The number of unbranched alkanes of at least 4 members (excludes halogenated alkanes) is 18. The van der Waals surface area contributed by atoms with E-state index in [9.17, 15) is 14.7 Å². The van der Waals surface area contributed by atoms with Crippen molar-refractivity contribution in [2.75, 3.05) is 0 Å². The van der Waals surface area contributed by atoms with E-state index in [1.807, 2.05) is 0 Å². The van der Waals surface area contributed by atoms with Gasteiger partial charge >= 0.3 is 0 Å². The number of amides is 2. The molecule has 0 unspecified atom stereocenters. The smallest absolute Gasteiger partial charge is 0.240 e. The van der Waals surface area contributed by atoms with Gasteiger partial charge in [-0.05, 0) is 25.0 Å². The summed E-state index contributed by atoms with van der Waals surface area (Å²) in [5, 5.41) is 18.7. The number of phenols is 1. The Labute approximate surface area is 263 Å². The number of rotatable bonds is 26. The summed E-state index contributed by atoms with van der Waals surface area (Å²) >= 11 is 3.43. The summed E-state index contributed by atoms with van der Waals surface area (Å²) in [7, 11) is 0. The molecule has 0 saturated carbocycles. The zero-order valence-electron chi connectivity index (χ0n) is 26.4. The quantitative estimate of drug-likeness (QED) is 0.0529. The van der Waals surface area contributed by atoms with Crippen LogP contribution in [0.15, 0.2) is 26.8 Å². The molecule has 1 aromatic carbocycles. The number of aromatic hydroxyl groups is 1. The maximum atomic E-state index is 12.1. The van der Waals surface area contributed by atoms with E-state index in [1.54, 1.807) is 12.1 Å². The van der Waals surface area contributed by atoms with Crippen molar-refractivity contribution < 1.29 is 14.7 Å². The summed E-state index contributed by atoms with van der Waals surface area (Å²) in [6.45, 7) is 4.48. The van der Waals surface area contributed by atoms with Crippen molar-refractivity contribution in [3.05, 3.63) is 27.7 Å². The van der Waals surface area contributed by atoms with Crippen molar-refractivity contribution in [3.63, 3.8) is 0 Å². The molecule has 0 spiro atoms. The largest absolute Gasteiger partial charge is 0.507 e. The van der Waals surface area contributed by atoms with E-state index in [0.717, 1.165) is 30.2 Å². The SMILES string of the molecule is CCCCCCCCCCCCC(=O)N/N=C/c1cc(Br)cc(/C=N/NC(=O)CCCCCCCCCCCC)c1O. The first kappa shape index (κ1) is 37.8. The molecule has 2 amide bonds. The third-order valence-electron chi connectivity index (χ3n) is 7.43. The molecule has 0 bridgehead atoms. The lowest BCUT2D eigenvalue weighted by molar-refractivity contribution is -0.122. The van der Waals surface area contributed by atoms with Crippen LogP contribution in [-0.2, 0) is 9.59 Å². The van der Waals surface area contributed by atoms with Gasteiger partial charge in [0.15, 0.2) is 0 Å². The highest BCUT2D eigenvalue weighted by Crippen LogP contribution is 2.25. The Morgan fingerprint density at radius 1 is 0.619 bits per heavy atom. The minimum Gasteiger partial charge on any atom is -0.507 e. The molecular formula is C34H57BrN4O3. The van der Waals surface area contributed by atoms with E-state index < -0.39 is 0 Å². The molecule has 0 aromatic heterocycles. The van der Waals surface area contributed by atoms with Crippen molar-refractivity contribution in [1.82, 2.24) is 10.9 Å². The fourth-order valence-corrected chi connectivity index (χ4v) is 5.34. The summed E-state index contributed by atoms with van der Waals surface area (Å²) in [4.78, 5) is 24.2. The predicted octanol–water partition coefficient (Wildman–Crippen LogP) is 9.68. The Hall–Kier alpha value is -2.22. The third kappa shape index (κ3) is 20.6. The molecule has 0 atom stereocenters. The molecule has 0 aliphatic heterocycles. The second-order valence-corrected chi connectivity index (χ2v) is 12.3. The van der Waals surface area contributed by atoms with Gasteiger partial charge < -0.3 is 5.11 Å². The number of carbonyl (C=O) groups is 2. The molecule has 0 radical (unpaired) electrons. The molecule has 0 aliphatic rings. The normalized spacial score (nSPS) is 11.5. The third-order valence-corrected chi connectivity index (χ3v) is 7.89. The van der Waals surface area contributed by atoms with Gasteiger partial charge in [-0.2, -0.15) is 10.2 Å². The summed E-state index contributed by atoms with van der Waals surface area (Å²) in [6.07, 6.45) is 28.2. The minimum absolute atomic E-state index is 0.0291. The molecule has 8 heteroatoms. The lowest BCUT2D eigenvalue weighted by Crippen LogP contribution is -2.17. The molecule has 238 valence electrons. The molecule has 1 aromatic rings. The van der Waals surface area contributed by atoms with E-state index >= 15 is 0 Å². The van der Waals surface area contributed by atoms with E-state index in [1.165, 1.54) is 115 Å². The number of halogens is 1. The first-order valence-corrected chi connectivity index (χ1v) is 17.4. The molecule has 0 heterocycles. The monoisotopic (exact) mass is 648 g/mol. The van der Waals surface area contributed by atoms with Crippen LogP contribution in [0.4, 0.5) is 0 Å². The van der Waals surface area contributed by atoms with E-state index in [2.05, 4.69) is 50.8 Å². The molecule has 7 nitrogen and oxygen atoms in total. The Morgan fingerprint density at radius 3 is 1.26 bits per heavy atom. The highest BCUT2D eigenvalue weighted by Gasteiger charge is 2.08. The van der Waals surface area contributed by atoms with Gasteiger partial charge in [0.1, 0.15) is 5.75 Å². The van der Waals surface area contributed by atoms with Crippen LogP contribution in [0.5, 0.6) is 5.75 Å². The number of nitrogens with zero attached hydrogens (tertiary/aromatic N) is 2. The number of carbonyl (C=O) groups excluding carboxylic acids is 2. The molecule has 1 rings (SSSR count). The number of nitrogens with one attached hydrogen (secondary N) is 2. The van der Waals surface area contributed by atoms with Gasteiger partial charge in [-0.15, -0.1) is 0 Å². The number of hydrogen-bond acceptors (Lipinski definition) is 5. The van der Waals surface area contributed by atoms with Gasteiger partial charge in [0.2, 0.25) is 11.8 Å². The minimum atomic E-state index is -0.132. The van der Waals surface area contributed by atoms with Crippen LogP contribution in [0, 0.1) is 0 Å². The van der Waals surface area contributed by atoms with Crippen LogP contribution in [-0.4, -0.2) is 29.4 Å². The lowest BCUT2D eigenvalue weighted by atomic mass is 10.1. The van der Waals surface area contributed by atoms with E-state index in [4.69, 9.17) is 0 Å². The summed E-state index contributed by atoms with van der Waals surface area (Å²) in [5.41, 5.74) is 5.95. The second-order valence-electron chi connectivity index (χ2n) is 11.4. The first-order valence-electron chi connectivity index (χ1n) is 16.6. The fourth-order valence-electron chi connectivity index (χ4n) is 4.84. The average molecular weight is 650 g/mol. The average Bonchev–Trinajstić information content (AvgIpc) is 2.97. The van der Waals surface area contributed by atoms with Crippen molar-refractivity contribution >= 4 is 40.2 Å². The van der Waals surface area contributed by atoms with Crippen molar-refractivity contribution in [3.8, 4) is 5.75 Å². The topological polar surface area (TPSA) is 103 Å². The Bertz CT molecular complexity index is 851. The number of phenolic OH excluding ortho intramolecular Hbond substituents is 1. The van der Waals surface area contributed by atoms with Crippen molar-refractivity contribution in [2.45, 2.75) is 155 Å².